The van der Waals surface area contributed by atoms with Crippen LogP contribution in [0.25, 0.3) is 0 Å². The fourth-order valence-electron chi connectivity index (χ4n) is 0.929. The summed E-state index contributed by atoms with van der Waals surface area (Å²) in [5, 5.41) is 3.70. The van der Waals surface area contributed by atoms with E-state index in [9.17, 15) is 0 Å². The highest BCUT2D eigenvalue weighted by Gasteiger charge is 2.05. The van der Waals surface area contributed by atoms with Gasteiger partial charge in [-0.05, 0) is 25.8 Å². The molecular weight excluding hydrogens is 154 g/mol. The smallest absolute Gasteiger partial charge is 0.226 e. The van der Waals surface area contributed by atoms with Gasteiger partial charge in [0.2, 0.25) is 5.89 Å². The van der Waals surface area contributed by atoms with Crippen molar-refractivity contribution in [1.82, 2.24) is 10.1 Å². The van der Waals surface area contributed by atoms with Crippen molar-refractivity contribution >= 4 is 0 Å². The number of hydrogen-bond acceptors (Lipinski definition) is 4. The molecule has 12 heavy (non-hydrogen) atoms. The van der Waals surface area contributed by atoms with E-state index in [1.807, 2.05) is 6.92 Å². The highest BCUT2D eigenvalue weighted by atomic mass is 16.5. The van der Waals surface area contributed by atoms with Crippen LogP contribution in [0.3, 0.4) is 0 Å². The molecule has 0 radical (unpaired) electrons. The van der Waals surface area contributed by atoms with Crippen LogP contribution in [0.15, 0.2) is 4.52 Å². The lowest BCUT2D eigenvalue weighted by Crippen LogP contribution is -2.11. The normalized spacial score (nSPS) is 13.2. The van der Waals surface area contributed by atoms with Crippen molar-refractivity contribution in [3.63, 3.8) is 0 Å². The predicted octanol–water partition coefficient (Wildman–Crippen LogP) is 0.905. The Kier molecular flexibility index (Phi) is 3.22. The Bertz CT molecular complexity index is 234. The Morgan fingerprint density at radius 3 is 2.83 bits per heavy atom. The highest BCUT2D eigenvalue weighted by Crippen LogP contribution is 2.06. The van der Waals surface area contributed by atoms with Gasteiger partial charge in [0.1, 0.15) is 0 Å². The van der Waals surface area contributed by atoms with Crippen molar-refractivity contribution in [2.24, 2.45) is 11.7 Å². The second-order valence-electron chi connectivity index (χ2n) is 3.11. The third kappa shape index (κ3) is 2.62. The molecule has 0 amide bonds. The van der Waals surface area contributed by atoms with E-state index in [-0.39, 0.29) is 0 Å². The van der Waals surface area contributed by atoms with Crippen LogP contribution in [-0.2, 0) is 6.42 Å². The SMILES string of the molecule is Cc1noc(CCC(C)CN)n1. The van der Waals surface area contributed by atoms with Crippen molar-refractivity contribution in [2.75, 3.05) is 6.54 Å². The summed E-state index contributed by atoms with van der Waals surface area (Å²) >= 11 is 0. The van der Waals surface area contributed by atoms with Gasteiger partial charge in [0, 0.05) is 6.42 Å². The molecule has 2 N–H and O–H groups in total. The maximum atomic E-state index is 5.47. The lowest BCUT2D eigenvalue weighted by Gasteiger charge is -2.03. The zero-order valence-corrected chi connectivity index (χ0v) is 7.58. The zero-order chi connectivity index (χ0) is 8.97. The number of aryl methyl sites for hydroxylation is 2. The molecule has 0 aromatic carbocycles. The molecule has 1 atom stereocenters. The van der Waals surface area contributed by atoms with Crippen molar-refractivity contribution in [3.05, 3.63) is 11.7 Å². The van der Waals surface area contributed by atoms with E-state index in [1.54, 1.807) is 0 Å². The molecule has 0 fully saturated rings. The molecule has 0 aliphatic heterocycles. The van der Waals surface area contributed by atoms with Crippen LogP contribution in [-0.4, -0.2) is 16.7 Å². The fraction of sp³-hybridized carbons (Fsp3) is 0.750. The van der Waals surface area contributed by atoms with Gasteiger partial charge in [-0.3, -0.25) is 0 Å². The molecule has 0 aliphatic rings. The molecule has 0 saturated heterocycles. The largest absolute Gasteiger partial charge is 0.339 e. The Morgan fingerprint density at radius 2 is 2.33 bits per heavy atom. The highest BCUT2D eigenvalue weighted by molar-refractivity contribution is 4.82. The first-order valence-electron chi connectivity index (χ1n) is 4.21. The maximum Gasteiger partial charge on any atom is 0.226 e. The molecule has 68 valence electrons. The molecule has 4 heteroatoms. The number of rotatable bonds is 4. The van der Waals surface area contributed by atoms with Gasteiger partial charge in [-0.25, -0.2) is 0 Å². The van der Waals surface area contributed by atoms with Crippen LogP contribution in [0.1, 0.15) is 25.1 Å². The number of nitrogens with two attached hydrogens (primary N) is 1. The van der Waals surface area contributed by atoms with Crippen molar-refractivity contribution < 1.29 is 4.52 Å². The summed E-state index contributed by atoms with van der Waals surface area (Å²) in [6.07, 6.45) is 1.84. The second kappa shape index (κ2) is 4.21. The lowest BCUT2D eigenvalue weighted by atomic mass is 10.1. The molecule has 1 unspecified atom stereocenters. The van der Waals surface area contributed by atoms with E-state index in [0.717, 1.165) is 12.8 Å². The minimum absolute atomic E-state index is 0.525. The topological polar surface area (TPSA) is 64.9 Å². The molecule has 1 heterocycles. The standard InChI is InChI=1S/C8H15N3O/c1-6(5-9)3-4-8-10-7(2)11-12-8/h6H,3-5,9H2,1-2H3. The van der Waals surface area contributed by atoms with Crippen LogP contribution in [0.5, 0.6) is 0 Å². The Morgan fingerprint density at radius 1 is 1.58 bits per heavy atom. The number of nitrogens with zero attached hydrogens (tertiary/aromatic N) is 2. The molecule has 0 bridgehead atoms. The van der Waals surface area contributed by atoms with Crippen LogP contribution >= 0.6 is 0 Å². The first kappa shape index (κ1) is 9.19. The van der Waals surface area contributed by atoms with E-state index < -0.39 is 0 Å². The van der Waals surface area contributed by atoms with Crippen molar-refractivity contribution in [2.45, 2.75) is 26.7 Å². The van der Waals surface area contributed by atoms with E-state index in [0.29, 0.717) is 24.2 Å². The number of hydrogen-bond donors (Lipinski definition) is 1. The Hall–Kier alpha value is -0.900. The van der Waals surface area contributed by atoms with E-state index in [4.69, 9.17) is 10.3 Å². The van der Waals surface area contributed by atoms with Gasteiger partial charge in [0.05, 0.1) is 0 Å². The number of aromatic nitrogens is 2. The molecular formula is C8H15N3O. The third-order valence-corrected chi connectivity index (χ3v) is 1.82. The lowest BCUT2D eigenvalue weighted by molar-refractivity contribution is 0.363. The summed E-state index contributed by atoms with van der Waals surface area (Å²) in [5.74, 6) is 1.94. The van der Waals surface area contributed by atoms with Gasteiger partial charge in [0.15, 0.2) is 5.82 Å². The van der Waals surface area contributed by atoms with E-state index in [2.05, 4.69) is 17.1 Å². The van der Waals surface area contributed by atoms with E-state index >= 15 is 0 Å². The summed E-state index contributed by atoms with van der Waals surface area (Å²) < 4.78 is 4.96. The van der Waals surface area contributed by atoms with Crippen LogP contribution in [0.2, 0.25) is 0 Å². The molecule has 0 saturated carbocycles. The molecule has 1 aromatic rings. The molecule has 0 spiro atoms. The van der Waals surface area contributed by atoms with Gasteiger partial charge >= 0.3 is 0 Å². The Labute approximate surface area is 72.1 Å². The molecule has 1 aromatic heterocycles. The van der Waals surface area contributed by atoms with Gasteiger partial charge in [-0.2, -0.15) is 4.98 Å². The van der Waals surface area contributed by atoms with Crippen molar-refractivity contribution in [3.8, 4) is 0 Å². The predicted molar refractivity (Wildman–Crippen MR) is 45.6 cm³/mol. The van der Waals surface area contributed by atoms with Crippen LogP contribution in [0, 0.1) is 12.8 Å². The van der Waals surface area contributed by atoms with Crippen LogP contribution in [0.4, 0.5) is 0 Å². The summed E-state index contributed by atoms with van der Waals surface area (Å²) in [4.78, 5) is 4.10. The fourth-order valence-corrected chi connectivity index (χ4v) is 0.929. The molecule has 1 rings (SSSR count). The summed E-state index contributed by atoms with van der Waals surface area (Å²) in [6, 6.07) is 0. The Balaban J connectivity index is 2.33. The van der Waals surface area contributed by atoms with Gasteiger partial charge in [-0.1, -0.05) is 12.1 Å². The van der Waals surface area contributed by atoms with Crippen molar-refractivity contribution in [1.29, 1.82) is 0 Å². The average Bonchev–Trinajstić information content (AvgIpc) is 2.47. The third-order valence-electron chi connectivity index (χ3n) is 1.82. The molecule has 4 nitrogen and oxygen atoms in total. The quantitative estimate of drug-likeness (QED) is 0.727. The minimum Gasteiger partial charge on any atom is -0.339 e. The van der Waals surface area contributed by atoms with Gasteiger partial charge in [-0.15, -0.1) is 0 Å². The summed E-state index contributed by atoms with van der Waals surface area (Å²) in [7, 11) is 0. The monoisotopic (exact) mass is 169 g/mol. The van der Waals surface area contributed by atoms with Gasteiger partial charge < -0.3 is 10.3 Å². The van der Waals surface area contributed by atoms with E-state index in [1.165, 1.54) is 0 Å². The van der Waals surface area contributed by atoms with Gasteiger partial charge in [0.25, 0.3) is 0 Å². The first-order valence-corrected chi connectivity index (χ1v) is 4.21. The average molecular weight is 169 g/mol. The van der Waals surface area contributed by atoms with Crippen LogP contribution < -0.4 is 5.73 Å². The zero-order valence-electron chi connectivity index (χ0n) is 7.58. The minimum atomic E-state index is 0.525. The maximum absolute atomic E-state index is 5.47. The molecule has 0 aliphatic carbocycles. The summed E-state index contributed by atoms with van der Waals surface area (Å²) in [6.45, 7) is 4.65. The second-order valence-corrected chi connectivity index (χ2v) is 3.11. The first-order chi connectivity index (χ1) is 5.72. The summed E-state index contributed by atoms with van der Waals surface area (Å²) in [5.41, 5.74) is 5.47.